The number of nitrogens with two attached hydrogens (primary N) is 1. The summed E-state index contributed by atoms with van der Waals surface area (Å²) in [4.78, 5) is 12.1. The van der Waals surface area contributed by atoms with Crippen molar-refractivity contribution in [2.75, 3.05) is 11.1 Å². The van der Waals surface area contributed by atoms with E-state index >= 15 is 0 Å². The van der Waals surface area contributed by atoms with Gasteiger partial charge in [-0.25, -0.2) is 0 Å². The molecule has 2 aromatic carbocycles. The Morgan fingerprint density at radius 1 is 1.21 bits per heavy atom. The van der Waals surface area contributed by atoms with Gasteiger partial charge in [0.2, 0.25) is 0 Å². The van der Waals surface area contributed by atoms with Gasteiger partial charge in [-0.2, -0.15) is 0 Å². The van der Waals surface area contributed by atoms with Crippen LogP contribution in [-0.4, -0.2) is 5.91 Å². The van der Waals surface area contributed by atoms with Gasteiger partial charge in [0.05, 0.1) is 11.4 Å². The zero-order valence-corrected chi connectivity index (χ0v) is 11.6. The van der Waals surface area contributed by atoms with Gasteiger partial charge in [-0.3, -0.25) is 4.79 Å². The molecule has 98 valence electrons. The zero-order chi connectivity index (χ0) is 14.0. The molecule has 1 amide bonds. The minimum absolute atomic E-state index is 0.199. The summed E-state index contributed by atoms with van der Waals surface area (Å²) < 4.78 is 0. The average Bonchev–Trinajstić information content (AvgIpc) is 2.36. The number of nitrogens with one attached hydrogen (secondary N) is 1. The number of anilines is 2. The molecule has 0 aliphatic carbocycles. The molecule has 0 heterocycles. The number of carbonyl (C=O) groups is 1. The number of aryl methyl sites for hydroxylation is 2. The van der Waals surface area contributed by atoms with E-state index in [1.54, 1.807) is 18.2 Å². The number of hydrogen-bond acceptors (Lipinski definition) is 2. The molecule has 0 saturated carbocycles. The molecule has 19 heavy (non-hydrogen) atoms. The van der Waals surface area contributed by atoms with Crippen LogP contribution >= 0.6 is 11.6 Å². The summed E-state index contributed by atoms with van der Waals surface area (Å²) in [6.07, 6.45) is 0. The zero-order valence-electron chi connectivity index (χ0n) is 10.8. The molecular weight excluding hydrogens is 260 g/mol. The Bertz CT molecular complexity index is 638. The van der Waals surface area contributed by atoms with E-state index in [1.165, 1.54) is 0 Å². The van der Waals surface area contributed by atoms with Crippen molar-refractivity contribution < 1.29 is 4.79 Å². The van der Waals surface area contributed by atoms with E-state index in [9.17, 15) is 4.79 Å². The molecule has 0 saturated heterocycles. The first-order valence-corrected chi connectivity index (χ1v) is 6.29. The lowest BCUT2D eigenvalue weighted by Crippen LogP contribution is -2.13. The summed E-state index contributed by atoms with van der Waals surface area (Å²) in [6.45, 7) is 3.80. The van der Waals surface area contributed by atoms with Crippen molar-refractivity contribution in [1.29, 1.82) is 0 Å². The van der Waals surface area contributed by atoms with Crippen LogP contribution in [0.1, 0.15) is 21.5 Å². The van der Waals surface area contributed by atoms with E-state index in [0.717, 1.165) is 11.1 Å². The van der Waals surface area contributed by atoms with Crippen LogP contribution in [0.4, 0.5) is 11.4 Å². The van der Waals surface area contributed by atoms with Crippen LogP contribution in [0.15, 0.2) is 36.4 Å². The Labute approximate surface area is 117 Å². The van der Waals surface area contributed by atoms with E-state index in [0.29, 0.717) is 22.0 Å². The lowest BCUT2D eigenvalue weighted by atomic mass is 10.1. The quantitative estimate of drug-likeness (QED) is 0.819. The molecule has 2 rings (SSSR count). The van der Waals surface area contributed by atoms with E-state index in [1.807, 2.05) is 32.0 Å². The van der Waals surface area contributed by atoms with Gasteiger partial charge in [-0.1, -0.05) is 29.3 Å². The highest BCUT2D eigenvalue weighted by atomic mass is 35.5. The molecule has 0 spiro atoms. The fourth-order valence-corrected chi connectivity index (χ4v) is 1.96. The first-order chi connectivity index (χ1) is 8.97. The van der Waals surface area contributed by atoms with Crippen molar-refractivity contribution in [2.24, 2.45) is 0 Å². The van der Waals surface area contributed by atoms with Crippen molar-refractivity contribution in [3.8, 4) is 0 Å². The normalized spacial score (nSPS) is 10.3. The summed E-state index contributed by atoms with van der Waals surface area (Å²) >= 11 is 6.03. The van der Waals surface area contributed by atoms with Gasteiger partial charge in [-0.15, -0.1) is 0 Å². The summed E-state index contributed by atoms with van der Waals surface area (Å²) in [5.41, 5.74) is 9.41. The van der Waals surface area contributed by atoms with Crippen molar-refractivity contribution in [3.05, 3.63) is 58.1 Å². The lowest BCUT2D eigenvalue weighted by Gasteiger charge is -2.10. The van der Waals surface area contributed by atoms with Gasteiger partial charge in [0.15, 0.2) is 0 Å². The van der Waals surface area contributed by atoms with Crippen LogP contribution in [0.25, 0.3) is 0 Å². The molecule has 2 aromatic rings. The van der Waals surface area contributed by atoms with E-state index < -0.39 is 0 Å². The molecule has 0 aliphatic heterocycles. The molecule has 4 heteroatoms. The number of amides is 1. The third-order valence-electron chi connectivity index (χ3n) is 2.86. The highest BCUT2D eigenvalue weighted by molar-refractivity contribution is 6.32. The molecule has 3 N–H and O–H groups in total. The maximum Gasteiger partial charge on any atom is 0.255 e. The summed E-state index contributed by atoms with van der Waals surface area (Å²) in [5.74, 6) is -0.199. The first kappa shape index (κ1) is 13.4. The molecule has 0 aromatic heterocycles. The molecule has 0 fully saturated rings. The third kappa shape index (κ3) is 3.06. The van der Waals surface area contributed by atoms with Gasteiger partial charge in [0, 0.05) is 10.6 Å². The predicted molar refractivity (Wildman–Crippen MR) is 79.7 cm³/mol. The Balaban J connectivity index is 2.27. The van der Waals surface area contributed by atoms with E-state index in [-0.39, 0.29) is 5.91 Å². The third-order valence-corrected chi connectivity index (χ3v) is 3.27. The largest absolute Gasteiger partial charge is 0.397 e. The fraction of sp³-hybridized carbons (Fsp3) is 0.133. The fourth-order valence-electron chi connectivity index (χ4n) is 1.79. The summed E-state index contributed by atoms with van der Waals surface area (Å²) in [6, 6.07) is 10.8. The monoisotopic (exact) mass is 274 g/mol. The second-order valence-corrected chi connectivity index (χ2v) is 4.92. The van der Waals surface area contributed by atoms with Gasteiger partial charge in [0.1, 0.15) is 0 Å². The lowest BCUT2D eigenvalue weighted by molar-refractivity contribution is 0.102. The number of benzene rings is 2. The SMILES string of the molecule is Cc1cccc(C(=O)Nc2cc(Cl)c(C)cc2N)c1. The number of nitrogen functional groups attached to an aromatic ring is 1. The Morgan fingerprint density at radius 2 is 1.95 bits per heavy atom. The van der Waals surface area contributed by atoms with Crippen LogP contribution in [0.5, 0.6) is 0 Å². The van der Waals surface area contributed by atoms with Crippen LogP contribution in [0.3, 0.4) is 0 Å². The van der Waals surface area contributed by atoms with Gasteiger partial charge >= 0.3 is 0 Å². The number of carbonyl (C=O) groups excluding carboxylic acids is 1. The molecule has 0 radical (unpaired) electrons. The number of halogens is 1. The standard InChI is InChI=1S/C15H15ClN2O/c1-9-4-3-5-11(6-9)15(19)18-14-8-12(16)10(2)7-13(14)17/h3-8H,17H2,1-2H3,(H,18,19). The van der Waals surface area contributed by atoms with Gasteiger partial charge in [-0.05, 0) is 43.7 Å². The van der Waals surface area contributed by atoms with Crippen molar-refractivity contribution >= 4 is 28.9 Å². The van der Waals surface area contributed by atoms with Crippen LogP contribution in [0, 0.1) is 13.8 Å². The van der Waals surface area contributed by atoms with Crippen molar-refractivity contribution in [1.82, 2.24) is 0 Å². The highest BCUT2D eigenvalue weighted by Gasteiger charge is 2.09. The Hall–Kier alpha value is -2.00. The first-order valence-electron chi connectivity index (χ1n) is 5.91. The van der Waals surface area contributed by atoms with E-state index in [4.69, 9.17) is 17.3 Å². The van der Waals surface area contributed by atoms with Gasteiger partial charge < -0.3 is 11.1 Å². The predicted octanol–water partition coefficient (Wildman–Crippen LogP) is 3.79. The average molecular weight is 275 g/mol. The smallest absolute Gasteiger partial charge is 0.255 e. The Morgan fingerprint density at radius 3 is 2.63 bits per heavy atom. The molecule has 3 nitrogen and oxygen atoms in total. The second kappa shape index (κ2) is 5.33. The molecule has 0 aliphatic rings. The minimum atomic E-state index is -0.199. The molecule has 0 atom stereocenters. The summed E-state index contributed by atoms with van der Waals surface area (Å²) in [5, 5.41) is 3.35. The molecule has 0 unspecified atom stereocenters. The van der Waals surface area contributed by atoms with Crippen LogP contribution in [-0.2, 0) is 0 Å². The van der Waals surface area contributed by atoms with Crippen molar-refractivity contribution in [3.63, 3.8) is 0 Å². The minimum Gasteiger partial charge on any atom is -0.397 e. The number of hydrogen-bond donors (Lipinski definition) is 2. The van der Waals surface area contributed by atoms with Crippen LogP contribution < -0.4 is 11.1 Å². The second-order valence-electron chi connectivity index (χ2n) is 4.51. The topological polar surface area (TPSA) is 55.1 Å². The van der Waals surface area contributed by atoms with Gasteiger partial charge in [0.25, 0.3) is 5.91 Å². The van der Waals surface area contributed by atoms with Crippen molar-refractivity contribution in [2.45, 2.75) is 13.8 Å². The molecule has 0 bridgehead atoms. The maximum atomic E-state index is 12.1. The Kier molecular flexibility index (Phi) is 3.76. The van der Waals surface area contributed by atoms with Crippen LogP contribution in [0.2, 0.25) is 5.02 Å². The highest BCUT2D eigenvalue weighted by Crippen LogP contribution is 2.27. The molecular formula is C15H15ClN2O. The van der Waals surface area contributed by atoms with E-state index in [2.05, 4.69) is 5.32 Å². The summed E-state index contributed by atoms with van der Waals surface area (Å²) in [7, 11) is 0. The maximum absolute atomic E-state index is 12.1. The number of rotatable bonds is 2.